The molecule has 0 saturated carbocycles. The molecule has 1 heterocycles. The van der Waals surface area contributed by atoms with Crippen LogP contribution in [-0.4, -0.2) is 26.7 Å². The van der Waals surface area contributed by atoms with Crippen LogP contribution in [0.3, 0.4) is 0 Å². The largest absolute Gasteiger partial charge is 0.377 e. The topological polar surface area (TPSA) is 72.2 Å². The van der Waals surface area contributed by atoms with E-state index in [1.54, 1.807) is 6.92 Å². The highest BCUT2D eigenvalue weighted by molar-refractivity contribution is 7.85. The van der Waals surface area contributed by atoms with Gasteiger partial charge in [-0.2, -0.15) is 0 Å². The Morgan fingerprint density at radius 2 is 2.05 bits per heavy atom. The second-order valence-electron chi connectivity index (χ2n) is 4.64. The van der Waals surface area contributed by atoms with Gasteiger partial charge in [-0.1, -0.05) is 0 Å². The van der Waals surface area contributed by atoms with Gasteiger partial charge < -0.3 is 5.32 Å². The summed E-state index contributed by atoms with van der Waals surface area (Å²) in [6, 6.07) is 2.46. The van der Waals surface area contributed by atoms with Crippen molar-refractivity contribution in [1.82, 2.24) is 0 Å². The molecule has 0 bridgehead atoms. The molecule has 1 aromatic rings. The minimum Gasteiger partial charge on any atom is -0.377 e. The summed E-state index contributed by atoms with van der Waals surface area (Å²) in [5, 5.41) is 14.0. The summed E-state index contributed by atoms with van der Waals surface area (Å²) in [5.74, 6) is 0.624. The number of hydrogen-bond donors (Lipinski definition) is 1. The van der Waals surface area contributed by atoms with E-state index < -0.39 is 21.5 Å². The Labute approximate surface area is 112 Å². The van der Waals surface area contributed by atoms with Crippen LogP contribution in [0, 0.1) is 22.9 Å². The van der Waals surface area contributed by atoms with Gasteiger partial charge >= 0.3 is 0 Å². The van der Waals surface area contributed by atoms with Gasteiger partial charge in [0.1, 0.15) is 11.5 Å². The van der Waals surface area contributed by atoms with E-state index in [-0.39, 0.29) is 11.7 Å². The van der Waals surface area contributed by atoms with Crippen molar-refractivity contribution >= 4 is 22.2 Å². The Kier molecular flexibility index (Phi) is 4.14. The van der Waals surface area contributed by atoms with Gasteiger partial charge in [-0.15, -0.1) is 0 Å². The first-order valence-corrected chi connectivity index (χ1v) is 7.52. The highest BCUT2D eigenvalue weighted by atomic mass is 32.2. The molecule has 1 aliphatic rings. The number of nitro benzene ring substituents is 1. The SMILES string of the molecule is Cc1cc(NC2CCS(=O)CC2)c([N+](=O)[O-])cc1F. The van der Waals surface area contributed by atoms with E-state index in [1.807, 2.05) is 0 Å². The van der Waals surface area contributed by atoms with Crippen LogP contribution in [0.25, 0.3) is 0 Å². The van der Waals surface area contributed by atoms with Crippen molar-refractivity contribution in [3.05, 3.63) is 33.6 Å². The van der Waals surface area contributed by atoms with E-state index in [0.29, 0.717) is 35.6 Å². The minimum absolute atomic E-state index is 0.0567. The Bertz CT molecular complexity index is 526. The Hall–Kier alpha value is -1.50. The molecule has 5 nitrogen and oxygen atoms in total. The van der Waals surface area contributed by atoms with Crippen molar-refractivity contribution in [2.75, 3.05) is 16.8 Å². The molecule has 0 radical (unpaired) electrons. The normalized spacial score (nSPS) is 23.1. The number of nitro groups is 1. The molecule has 0 atom stereocenters. The van der Waals surface area contributed by atoms with E-state index in [2.05, 4.69) is 5.32 Å². The number of nitrogens with zero attached hydrogens (tertiary/aromatic N) is 1. The predicted octanol–water partition coefficient (Wildman–Crippen LogP) is 2.37. The average Bonchev–Trinajstić information content (AvgIpc) is 2.36. The van der Waals surface area contributed by atoms with Gasteiger partial charge in [0.25, 0.3) is 5.69 Å². The number of nitrogens with one attached hydrogen (secondary N) is 1. The molecule has 0 unspecified atom stereocenters. The maximum atomic E-state index is 13.4. The van der Waals surface area contributed by atoms with Crippen molar-refractivity contribution in [3.63, 3.8) is 0 Å². The second kappa shape index (κ2) is 5.64. The zero-order valence-corrected chi connectivity index (χ0v) is 11.3. The summed E-state index contributed by atoms with van der Waals surface area (Å²) in [7, 11) is -0.775. The van der Waals surface area contributed by atoms with Crippen LogP contribution in [0.1, 0.15) is 18.4 Å². The summed E-state index contributed by atoms with van der Waals surface area (Å²) in [6.07, 6.45) is 1.42. The molecule has 1 saturated heterocycles. The fraction of sp³-hybridized carbons (Fsp3) is 0.500. The third kappa shape index (κ3) is 3.28. The molecular formula is C12H15FN2O3S. The van der Waals surface area contributed by atoms with E-state index in [0.717, 1.165) is 6.07 Å². The van der Waals surface area contributed by atoms with Crippen LogP contribution in [0.2, 0.25) is 0 Å². The molecule has 0 spiro atoms. The summed E-state index contributed by atoms with van der Waals surface area (Å²) < 4.78 is 24.6. The molecule has 1 aliphatic heterocycles. The first-order chi connectivity index (χ1) is 8.97. The van der Waals surface area contributed by atoms with Crippen molar-refractivity contribution in [1.29, 1.82) is 0 Å². The summed E-state index contributed by atoms with van der Waals surface area (Å²) in [6.45, 7) is 1.57. The number of hydrogen-bond acceptors (Lipinski definition) is 4. The van der Waals surface area contributed by atoms with E-state index in [4.69, 9.17) is 0 Å². The lowest BCUT2D eigenvalue weighted by Gasteiger charge is -2.23. The lowest BCUT2D eigenvalue weighted by atomic mass is 10.1. The maximum absolute atomic E-state index is 13.4. The zero-order chi connectivity index (χ0) is 14.0. The predicted molar refractivity (Wildman–Crippen MR) is 72.3 cm³/mol. The molecule has 7 heteroatoms. The molecule has 1 fully saturated rings. The summed E-state index contributed by atoms with van der Waals surface area (Å²) in [4.78, 5) is 10.3. The fourth-order valence-electron chi connectivity index (χ4n) is 2.10. The highest BCUT2D eigenvalue weighted by Crippen LogP contribution is 2.29. The molecule has 104 valence electrons. The van der Waals surface area contributed by atoms with E-state index in [1.165, 1.54) is 6.07 Å². The molecule has 0 aliphatic carbocycles. The fourth-order valence-corrected chi connectivity index (χ4v) is 3.39. The number of aryl methyl sites for hydroxylation is 1. The quantitative estimate of drug-likeness (QED) is 0.684. The number of rotatable bonds is 3. The molecule has 0 aromatic heterocycles. The maximum Gasteiger partial charge on any atom is 0.295 e. The van der Waals surface area contributed by atoms with Crippen LogP contribution in [0.15, 0.2) is 12.1 Å². The third-order valence-corrected chi connectivity index (χ3v) is 4.60. The van der Waals surface area contributed by atoms with Gasteiger partial charge in [-0.3, -0.25) is 14.3 Å². The molecule has 2 rings (SSSR count). The van der Waals surface area contributed by atoms with Crippen LogP contribution >= 0.6 is 0 Å². The standard InChI is InChI=1S/C12H15FN2O3S/c1-8-6-11(12(15(16)17)7-10(8)13)14-9-2-4-19(18)5-3-9/h6-7,9,14H,2-5H2,1H3. The van der Waals surface area contributed by atoms with Gasteiger partial charge in [0.2, 0.25) is 0 Å². The first-order valence-electron chi connectivity index (χ1n) is 6.03. The van der Waals surface area contributed by atoms with Crippen molar-refractivity contribution in [2.24, 2.45) is 0 Å². The smallest absolute Gasteiger partial charge is 0.295 e. The lowest BCUT2D eigenvalue weighted by Crippen LogP contribution is -2.29. The monoisotopic (exact) mass is 286 g/mol. The van der Waals surface area contributed by atoms with E-state index >= 15 is 0 Å². The van der Waals surface area contributed by atoms with Gasteiger partial charge in [0.15, 0.2) is 0 Å². The summed E-state index contributed by atoms with van der Waals surface area (Å²) >= 11 is 0. The zero-order valence-electron chi connectivity index (χ0n) is 10.5. The van der Waals surface area contributed by atoms with Crippen LogP contribution in [0.4, 0.5) is 15.8 Å². The van der Waals surface area contributed by atoms with Gasteiger partial charge in [-0.25, -0.2) is 4.39 Å². The second-order valence-corrected chi connectivity index (χ2v) is 6.34. The third-order valence-electron chi connectivity index (χ3n) is 3.22. The van der Waals surface area contributed by atoms with Crippen molar-refractivity contribution in [3.8, 4) is 0 Å². The van der Waals surface area contributed by atoms with Gasteiger partial charge in [0.05, 0.1) is 11.0 Å². The van der Waals surface area contributed by atoms with Crippen LogP contribution in [-0.2, 0) is 10.8 Å². The molecular weight excluding hydrogens is 271 g/mol. The van der Waals surface area contributed by atoms with Gasteiger partial charge in [-0.05, 0) is 31.4 Å². The van der Waals surface area contributed by atoms with E-state index in [9.17, 15) is 18.7 Å². The lowest BCUT2D eigenvalue weighted by molar-refractivity contribution is -0.384. The van der Waals surface area contributed by atoms with Crippen molar-refractivity contribution in [2.45, 2.75) is 25.8 Å². The minimum atomic E-state index is -0.775. The first kappa shape index (κ1) is 13.9. The van der Waals surface area contributed by atoms with Crippen molar-refractivity contribution < 1.29 is 13.5 Å². The summed E-state index contributed by atoms with van der Waals surface area (Å²) in [5.41, 5.74) is 0.448. The number of benzene rings is 1. The highest BCUT2D eigenvalue weighted by Gasteiger charge is 2.22. The Morgan fingerprint density at radius 1 is 1.42 bits per heavy atom. The molecule has 1 aromatic carbocycles. The molecule has 19 heavy (non-hydrogen) atoms. The molecule has 0 amide bonds. The Balaban J connectivity index is 2.21. The number of halogens is 1. The average molecular weight is 286 g/mol. The molecule has 1 N–H and O–H groups in total. The Morgan fingerprint density at radius 3 is 2.63 bits per heavy atom. The number of anilines is 1. The van der Waals surface area contributed by atoms with Crippen LogP contribution < -0.4 is 5.32 Å². The van der Waals surface area contributed by atoms with Crippen LogP contribution in [0.5, 0.6) is 0 Å². The van der Waals surface area contributed by atoms with Gasteiger partial charge in [0, 0.05) is 28.3 Å².